The van der Waals surface area contributed by atoms with Crippen LogP contribution in [0.25, 0.3) is 0 Å². The van der Waals surface area contributed by atoms with E-state index in [2.05, 4.69) is 0 Å². The summed E-state index contributed by atoms with van der Waals surface area (Å²) in [6.45, 7) is 0.928. The molecule has 0 aliphatic rings. The molecule has 0 fully saturated rings. The molecule has 0 aliphatic carbocycles. The summed E-state index contributed by atoms with van der Waals surface area (Å²) in [6.07, 6.45) is 1.23. The predicted molar refractivity (Wildman–Crippen MR) is 56.2 cm³/mol. The smallest absolute Gasteiger partial charge is 0.279 e. The van der Waals surface area contributed by atoms with Gasteiger partial charge >= 0.3 is 0 Å². The van der Waals surface area contributed by atoms with Gasteiger partial charge < -0.3 is 5.11 Å². The van der Waals surface area contributed by atoms with E-state index in [9.17, 15) is 18.9 Å². The van der Waals surface area contributed by atoms with Crippen molar-refractivity contribution in [3.63, 3.8) is 0 Å². The van der Waals surface area contributed by atoms with E-state index >= 15 is 0 Å². The average Bonchev–Trinajstić information content (AvgIpc) is 2.16. The molecule has 0 aromatic heterocycles. The molecule has 0 bridgehead atoms. The molecule has 1 N–H and O–H groups in total. The van der Waals surface area contributed by atoms with Gasteiger partial charge in [0.1, 0.15) is 0 Å². The van der Waals surface area contributed by atoms with Crippen molar-refractivity contribution in [2.45, 2.75) is 57.5 Å². The zero-order valence-corrected chi connectivity index (χ0v) is 9.49. The van der Waals surface area contributed by atoms with Crippen LogP contribution in [0.15, 0.2) is 0 Å². The molecule has 0 radical (unpaired) electrons. The number of aliphatic hydroxyl groups excluding tert-OH is 1. The van der Waals surface area contributed by atoms with Crippen LogP contribution in [0.5, 0.6) is 0 Å². The minimum Gasteiger partial charge on any atom is -0.381 e. The van der Waals surface area contributed by atoms with Crippen molar-refractivity contribution in [2.24, 2.45) is 0 Å². The maximum Gasteiger partial charge on any atom is 0.279 e. The Kier molecular flexibility index (Phi) is 7.12. The van der Waals surface area contributed by atoms with E-state index in [4.69, 9.17) is 5.11 Å². The zero-order valence-electron chi connectivity index (χ0n) is 9.49. The van der Waals surface area contributed by atoms with E-state index in [1.165, 1.54) is 0 Å². The lowest BCUT2D eigenvalue weighted by Crippen LogP contribution is -2.38. The molecule has 0 spiro atoms. The molecule has 1 atom stereocenters. The summed E-state index contributed by atoms with van der Waals surface area (Å²) in [5.41, 5.74) is 0. The lowest BCUT2D eigenvalue weighted by molar-refractivity contribution is -0.497. The summed E-state index contributed by atoms with van der Waals surface area (Å²) in [7, 11) is 0. The molecule has 0 rings (SSSR count). The highest BCUT2D eigenvalue weighted by atomic mass is 19.3. The van der Waals surface area contributed by atoms with E-state index < -0.39 is 29.9 Å². The van der Waals surface area contributed by atoms with Gasteiger partial charge in [-0.3, -0.25) is 10.1 Å². The van der Waals surface area contributed by atoms with Gasteiger partial charge in [0.15, 0.2) is 6.10 Å². The van der Waals surface area contributed by atoms with Crippen molar-refractivity contribution in [2.75, 3.05) is 6.54 Å². The quantitative estimate of drug-likeness (QED) is 0.382. The largest absolute Gasteiger partial charge is 0.381 e. The van der Waals surface area contributed by atoms with Gasteiger partial charge in [0.2, 0.25) is 6.54 Å². The Morgan fingerprint density at radius 2 is 1.88 bits per heavy atom. The Morgan fingerprint density at radius 1 is 1.31 bits per heavy atom. The first kappa shape index (κ1) is 15.2. The fourth-order valence-corrected chi connectivity index (χ4v) is 1.41. The highest BCUT2D eigenvalue weighted by molar-refractivity contribution is 4.75. The molecule has 0 aromatic rings. The zero-order chi connectivity index (χ0) is 12.6. The van der Waals surface area contributed by atoms with Crippen molar-refractivity contribution in [3.05, 3.63) is 10.1 Å². The SMILES string of the molecule is CCCCCCCC(F)(F)C(O)C[N+](=O)[O-]. The van der Waals surface area contributed by atoms with E-state index in [1.807, 2.05) is 6.92 Å². The molecule has 96 valence electrons. The second kappa shape index (κ2) is 7.49. The molecule has 0 aliphatic heterocycles. The van der Waals surface area contributed by atoms with Crippen LogP contribution in [0.3, 0.4) is 0 Å². The van der Waals surface area contributed by atoms with Gasteiger partial charge in [-0.2, -0.15) is 0 Å². The molecule has 0 aromatic carbocycles. The van der Waals surface area contributed by atoms with Gasteiger partial charge in [-0.15, -0.1) is 0 Å². The monoisotopic (exact) mass is 239 g/mol. The number of aliphatic hydroxyl groups is 1. The highest BCUT2D eigenvalue weighted by Gasteiger charge is 2.40. The van der Waals surface area contributed by atoms with E-state index in [0.29, 0.717) is 12.8 Å². The Morgan fingerprint density at radius 3 is 2.38 bits per heavy atom. The Bertz CT molecular complexity index is 212. The van der Waals surface area contributed by atoms with Crippen LogP contribution in [0, 0.1) is 10.1 Å². The van der Waals surface area contributed by atoms with Gasteiger partial charge in [0.25, 0.3) is 5.92 Å². The van der Waals surface area contributed by atoms with Gasteiger partial charge in [-0.1, -0.05) is 32.6 Å². The third-order valence-corrected chi connectivity index (χ3v) is 2.42. The Balaban J connectivity index is 3.80. The number of nitrogens with zero attached hydrogens (tertiary/aromatic N) is 1. The number of hydrogen-bond acceptors (Lipinski definition) is 3. The number of unbranched alkanes of at least 4 members (excludes halogenated alkanes) is 4. The van der Waals surface area contributed by atoms with Crippen LogP contribution in [0.1, 0.15) is 45.4 Å². The molecular formula is C10H19F2NO3. The predicted octanol–water partition coefficient (Wildman–Crippen LogP) is 2.62. The highest BCUT2D eigenvalue weighted by Crippen LogP contribution is 2.26. The van der Waals surface area contributed by atoms with Crippen molar-refractivity contribution >= 4 is 0 Å². The number of nitro groups is 1. The van der Waals surface area contributed by atoms with E-state index in [1.54, 1.807) is 0 Å². The summed E-state index contributed by atoms with van der Waals surface area (Å²) in [5.74, 6) is -3.35. The summed E-state index contributed by atoms with van der Waals surface area (Å²) >= 11 is 0. The number of rotatable bonds is 9. The maximum absolute atomic E-state index is 13.1. The van der Waals surface area contributed by atoms with Crippen LogP contribution < -0.4 is 0 Å². The normalized spacial score (nSPS) is 13.8. The lowest BCUT2D eigenvalue weighted by atomic mass is 10.0. The fourth-order valence-electron chi connectivity index (χ4n) is 1.41. The molecule has 4 nitrogen and oxygen atoms in total. The maximum atomic E-state index is 13.1. The van der Waals surface area contributed by atoms with Crippen molar-refractivity contribution < 1.29 is 18.8 Å². The van der Waals surface area contributed by atoms with Gasteiger partial charge in [-0.05, 0) is 6.42 Å². The first-order valence-electron chi connectivity index (χ1n) is 5.58. The van der Waals surface area contributed by atoms with Gasteiger partial charge in [-0.25, -0.2) is 8.78 Å². The molecule has 1 unspecified atom stereocenters. The fraction of sp³-hybridized carbons (Fsp3) is 1.00. The molecule has 6 heteroatoms. The summed E-state index contributed by atoms with van der Waals surface area (Å²) in [5, 5.41) is 18.9. The minimum atomic E-state index is -3.35. The van der Waals surface area contributed by atoms with Crippen molar-refractivity contribution in [3.8, 4) is 0 Å². The van der Waals surface area contributed by atoms with Crippen molar-refractivity contribution in [1.29, 1.82) is 0 Å². The second-order valence-electron chi connectivity index (χ2n) is 3.96. The molecule has 16 heavy (non-hydrogen) atoms. The first-order valence-corrected chi connectivity index (χ1v) is 5.58. The topological polar surface area (TPSA) is 63.4 Å². The third kappa shape index (κ3) is 6.66. The summed E-state index contributed by atoms with van der Waals surface area (Å²) in [6, 6.07) is 0. The average molecular weight is 239 g/mol. The lowest BCUT2D eigenvalue weighted by Gasteiger charge is -2.19. The number of halogens is 2. The molecule has 0 saturated heterocycles. The Labute approximate surface area is 93.8 Å². The van der Waals surface area contributed by atoms with E-state index in [0.717, 1.165) is 19.3 Å². The van der Waals surface area contributed by atoms with Crippen LogP contribution in [-0.4, -0.2) is 28.6 Å². The van der Waals surface area contributed by atoms with Gasteiger partial charge in [0.05, 0.1) is 0 Å². The molecular weight excluding hydrogens is 220 g/mol. The number of hydrogen-bond donors (Lipinski definition) is 1. The molecule has 0 saturated carbocycles. The minimum absolute atomic E-state index is 0.293. The standard InChI is InChI=1S/C10H19F2NO3/c1-2-3-4-5-6-7-10(11,12)9(14)8-13(15)16/h9,14H,2-8H2,1H3. The molecule has 0 amide bonds. The van der Waals surface area contributed by atoms with Crippen LogP contribution in [0.2, 0.25) is 0 Å². The van der Waals surface area contributed by atoms with Crippen LogP contribution in [0.4, 0.5) is 8.78 Å². The number of alkyl halides is 2. The van der Waals surface area contributed by atoms with Crippen molar-refractivity contribution in [1.82, 2.24) is 0 Å². The van der Waals surface area contributed by atoms with Crippen LogP contribution >= 0.6 is 0 Å². The first-order chi connectivity index (χ1) is 7.40. The van der Waals surface area contributed by atoms with Crippen LogP contribution in [-0.2, 0) is 0 Å². The van der Waals surface area contributed by atoms with Gasteiger partial charge in [0, 0.05) is 11.3 Å². The Hall–Kier alpha value is -0.780. The third-order valence-electron chi connectivity index (χ3n) is 2.42. The van der Waals surface area contributed by atoms with E-state index in [-0.39, 0.29) is 0 Å². The summed E-state index contributed by atoms with van der Waals surface area (Å²) < 4.78 is 26.3. The second-order valence-corrected chi connectivity index (χ2v) is 3.96. The summed E-state index contributed by atoms with van der Waals surface area (Å²) in [4.78, 5) is 9.06. The molecule has 0 heterocycles.